The van der Waals surface area contributed by atoms with Crippen LogP contribution in [0.5, 0.6) is 0 Å². The molecule has 2 aromatic heterocycles. The maximum Gasteiger partial charge on any atom is 0.410 e. The number of amides is 1. The van der Waals surface area contributed by atoms with Crippen LogP contribution in [0.15, 0.2) is 4.79 Å². The van der Waals surface area contributed by atoms with E-state index in [9.17, 15) is 18.8 Å². The highest BCUT2D eigenvalue weighted by atomic mass is 19.1. The van der Waals surface area contributed by atoms with E-state index in [-0.39, 0.29) is 18.9 Å². The van der Waals surface area contributed by atoms with Crippen LogP contribution in [0.25, 0.3) is 5.78 Å². The van der Waals surface area contributed by atoms with Crippen molar-refractivity contribution in [3.8, 4) is 0 Å². The maximum absolute atomic E-state index is 13.9. The Hall–Kier alpha value is -3.18. The fourth-order valence-electron chi connectivity index (χ4n) is 3.68. The number of carbonyl (C=O) groups is 2. The van der Waals surface area contributed by atoms with Gasteiger partial charge in [-0.3, -0.25) is 9.59 Å². The summed E-state index contributed by atoms with van der Waals surface area (Å²) in [4.78, 5) is 44.9. The molecule has 0 spiro atoms. The van der Waals surface area contributed by atoms with E-state index in [1.807, 2.05) is 11.8 Å². The minimum absolute atomic E-state index is 0.0615. The Bertz CT molecular complexity index is 1070. The lowest BCUT2D eigenvalue weighted by atomic mass is 10.2. The standard InChI is InChI=1S/C20H29FN6O5/c1-6-13-15(24-8-10-25(11-9-24)19(30)32-20(3,4)5)16(29)27-18(22-17(21)23-27)26(13)12-14(28)31-7-2/h6-12H2,1-5H3. The number of aromatic nitrogens is 4. The van der Waals surface area contributed by atoms with Crippen molar-refractivity contribution >= 4 is 23.5 Å². The number of hydrogen-bond acceptors (Lipinski definition) is 8. The van der Waals surface area contributed by atoms with E-state index < -0.39 is 29.3 Å². The first-order chi connectivity index (χ1) is 15.1. The SMILES string of the molecule is CCOC(=O)Cn1c(CC)c(N2CCN(C(=O)OC(C)(C)C)CC2)c(=O)n2nc(F)nc12. The molecule has 1 fully saturated rings. The molecule has 0 atom stereocenters. The van der Waals surface area contributed by atoms with Crippen LogP contribution >= 0.6 is 0 Å². The third-order valence-corrected chi connectivity index (χ3v) is 4.97. The zero-order valence-electron chi connectivity index (χ0n) is 19.1. The van der Waals surface area contributed by atoms with E-state index >= 15 is 0 Å². The molecule has 0 unspecified atom stereocenters. The van der Waals surface area contributed by atoms with E-state index in [2.05, 4.69) is 10.1 Å². The summed E-state index contributed by atoms with van der Waals surface area (Å²) in [6.45, 7) is 10.3. The van der Waals surface area contributed by atoms with Crippen LogP contribution in [0.3, 0.4) is 0 Å². The van der Waals surface area contributed by atoms with Crippen LogP contribution in [-0.2, 0) is 27.2 Å². The Labute approximate surface area is 184 Å². The van der Waals surface area contributed by atoms with Crippen LogP contribution in [0.2, 0.25) is 0 Å². The molecule has 3 rings (SSSR count). The van der Waals surface area contributed by atoms with E-state index in [1.54, 1.807) is 32.6 Å². The molecular weight excluding hydrogens is 423 g/mol. The zero-order chi connectivity index (χ0) is 23.6. The number of ether oxygens (including phenoxy) is 2. The molecule has 1 amide bonds. The third-order valence-electron chi connectivity index (χ3n) is 4.97. The Morgan fingerprint density at radius 1 is 1.12 bits per heavy atom. The summed E-state index contributed by atoms with van der Waals surface area (Å²) in [6, 6.07) is 0. The van der Waals surface area contributed by atoms with Gasteiger partial charge in [-0.1, -0.05) is 6.92 Å². The highest BCUT2D eigenvalue weighted by Crippen LogP contribution is 2.22. The molecule has 11 nitrogen and oxygen atoms in total. The first-order valence-corrected chi connectivity index (χ1v) is 10.6. The van der Waals surface area contributed by atoms with E-state index in [0.717, 1.165) is 4.52 Å². The summed E-state index contributed by atoms with van der Waals surface area (Å²) in [5.74, 6) is -0.592. The van der Waals surface area contributed by atoms with Crippen LogP contribution < -0.4 is 10.5 Å². The van der Waals surface area contributed by atoms with Gasteiger partial charge in [0.15, 0.2) is 0 Å². The number of halogens is 1. The van der Waals surface area contributed by atoms with E-state index in [1.165, 1.54) is 4.57 Å². The minimum atomic E-state index is -1.06. The molecule has 2 aromatic rings. The lowest BCUT2D eigenvalue weighted by Crippen LogP contribution is -2.51. The molecule has 0 N–H and O–H groups in total. The lowest BCUT2D eigenvalue weighted by molar-refractivity contribution is -0.143. The van der Waals surface area contributed by atoms with Crippen LogP contribution in [0.4, 0.5) is 14.9 Å². The number of esters is 1. The second-order valence-corrected chi connectivity index (χ2v) is 8.39. The van der Waals surface area contributed by atoms with Gasteiger partial charge in [0.05, 0.1) is 12.3 Å². The molecule has 1 aliphatic heterocycles. The monoisotopic (exact) mass is 452 g/mol. The molecule has 0 bridgehead atoms. The summed E-state index contributed by atoms with van der Waals surface area (Å²) in [7, 11) is 0. The average molecular weight is 452 g/mol. The Kier molecular flexibility index (Phi) is 6.70. The Morgan fingerprint density at radius 3 is 2.34 bits per heavy atom. The van der Waals surface area contributed by atoms with Gasteiger partial charge in [-0.25, -0.2) is 4.79 Å². The van der Waals surface area contributed by atoms with Gasteiger partial charge in [0, 0.05) is 26.2 Å². The number of rotatable bonds is 5. The van der Waals surface area contributed by atoms with Gasteiger partial charge < -0.3 is 23.8 Å². The predicted molar refractivity (Wildman–Crippen MR) is 113 cm³/mol. The molecule has 3 heterocycles. The zero-order valence-corrected chi connectivity index (χ0v) is 19.1. The smallest absolute Gasteiger partial charge is 0.410 e. The van der Waals surface area contributed by atoms with Crippen molar-refractivity contribution in [1.29, 1.82) is 0 Å². The van der Waals surface area contributed by atoms with Gasteiger partial charge in [-0.15, -0.1) is 5.10 Å². The van der Waals surface area contributed by atoms with Crippen molar-refractivity contribution in [1.82, 2.24) is 24.1 Å². The van der Waals surface area contributed by atoms with Crippen molar-refractivity contribution in [3.63, 3.8) is 0 Å². The first kappa shape index (κ1) is 23.5. The summed E-state index contributed by atoms with van der Waals surface area (Å²) >= 11 is 0. The predicted octanol–water partition coefficient (Wildman–Crippen LogP) is 1.21. The molecular formula is C20H29FN6O5. The van der Waals surface area contributed by atoms with Gasteiger partial charge in [0.1, 0.15) is 17.8 Å². The number of nitrogens with zero attached hydrogens (tertiary/aromatic N) is 6. The second-order valence-electron chi connectivity index (χ2n) is 8.39. The molecule has 1 saturated heterocycles. The van der Waals surface area contributed by atoms with Gasteiger partial charge in [-0.2, -0.15) is 13.9 Å². The fraction of sp³-hybridized carbons (Fsp3) is 0.650. The van der Waals surface area contributed by atoms with Gasteiger partial charge in [-0.05, 0) is 34.1 Å². The van der Waals surface area contributed by atoms with Crippen LogP contribution in [-0.4, -0.2) is 74.5 Å². The largest absolute Gasteiger partial charge is 0.465 e. The highest BCUT2D eigenvalue weighted by Gasteiger charge is 2.30. The first-order valence-electron chi connectivity index (χ1n) is 10.6. The average Bonchev–Trinajstić information content (AvgIpc) is 3.11. The summed E-state index contributed by atoms with van der Waals surface area (Å²) in [6.07, 6.45) is -1.09. The van der Waals surface area contributed by atoms with E-state index in [0.29, 0.717) is 44.0 Å². The number of carbonyl (C=O) groups excluding carboxylic acids is 2. The molecule has 0 radical (unpaired) electrons. The summed E-state index contributed by atoms with van der Waals surface area (Å²) < 4.78 is 26.7. The van der Waals surface area contributed by atoms with Crippen LogP contribution in [0.1, 0.15) is 40.3 Å². The normalized spacial score (nSPS) is 14.7. The van der Waals surface area contributed by atoms with Crippen LogP contribution in [0, 0.1) is 6.08 Å². The van der Waals surface area contributed by atoms with Gasteiger partial charge in [0.25, 0.3) is 5.56 Å². The van der Waals surface area contributed by atoms with Crippen molar-refractivity contribution < 1.29 is 23.5 Å². The molecule has 0 saturated carbocycles. The van der Waals surface area contributed by atoms with Crippen molar-refractivity contribution in [2.45, 2.75) is 53.2 Å². The van der Waals surface area contributed by atoms with E-state index in [4.69, 9.17) is 9.47 Å². The minimum Gasteiger partial charge on any atom is -0.465 e. The topological polar surface area (TPSA) is 111 Å². The third kappa shape index (κ3) is 4.83. The van der Waals surface area contributed by atoms with Crippen molar-refractivity contribution in [3.05, 3.63) is 22.1 Å². The van der Waals surface area contributed by atoms with Gasteiger partial charge in [0.2, 0.25) is 5.78 Å². The highest BCUT2D eigenvalue weighted by molar-refractivity contribution is 5.71. The molecule has 0 aliphatic carbocycles. The Balaban J connectivity index is 1.96. The number of hydrogen-bond donors (Lipinski definition) is 0. The summed E-state index contributed by atoms with van der Waals surface area (Å²) in [5.41, 5.74) is -0.308. The fourth-order valence-corrected chi connectivity index (χ4v) is 3.68. The molecule has 176 valence electrons. The van der Waals surface area contributed by atoms with Crippen molar-refractivity contribution in [2.75, 3.05) is 37.7 Å². The van der Waals surface area contributed by atoms with Gasteiger partial charge >= 0.3 is 18.1 Å². The lowest BCUT2D eigenvalue weighted by Gasteiger charge is -2.37. The Morgan fingerprint density at radius 2 is 1.78 bits per heavy atom. The second kappa shape index (κ2) is 9.13. The van der Waals surface area contributed by atoms with Crippen molar-refractivity contribution in [2.24, 2.45) is 0 Å². The summed E-state index contributed by atoms with van der Waals surface area (Å²) in [5, 5.41) is 3.58. The number of anilines is 1. The molecule has 12 heteroatoms. The number of fused-ring (bicyclic) bond motifs is 1. The molecule has 32 heavy (non-hydrogen) atoms. The quantitative estimate of drug-likeness (QED) is 0.623. The molecule has 1 aliphatic rings. The molecule has 0 aromatic carbocycles. The maximum atomic E-state index is 13.9. The number of piperazine rings is 1.